The number of rotatable bonds is 7. The molecule has 3 amide bonds. The summed E-state index contributed by atoms with van der Waals surface area (Å²) < 4.78 is 6.35. The number of ether oxygens (including phenoxy) is 1. The number of carbonyl (C=O) groups is 2. The molecule has 128 valence electrons. The Kier molecular flexibility index (Phi) is 5.74. The second kappa shape index (κ2) is 7.97. The zero-order chi connectivity index (χ0) is 17.5. The van der Waals surface area contributed by atoms with Crippen molar-refractivity contribution in [1.29, 1.82) is 0 Å². The second-order valence-electron chi connectivity index (χ2n) is 5.02. The van der Waals surface area contributed by atoms with E-state index < -0.39 is 18.0 Å². The predicted molar refractivity (Wildman–Crippen MR) is 86.4 cm³/mol. The highest BCUT2D eigenvalue weighted by molar-refractivity contribution is 5.88. The SMILES string of the molecule is COc1ccc(C(O)CNC(=O)Nc2cnn(CC(N)=O)c2)cc1. The van der Waals surface area contributed by atoms with Gasteiger partial charge in [0, 0.05) is 12.7 Å². The monoisotopic (exact) mass is 333 g/mol. The Morgan fingerprint density at radius 1 is 1.38 bits per heavy atom. The molecule has 2 aromatic rings. The van der Waals surface area contributed by atoms with E-state index in [1.165, 1.54) is 17.1 Å². The second-order valence-corrected chi connectivity index (χ2v) is 5.02. The van der Waals surface area contributed by atoms with Gasteiger partial charge >= 0.3 is 6.03 Å². The minimum atomic E-state index is -0.848. The van der Waals surface area contributed by atoms with Crippen LogP contribution in [0.5, 0.6) is 5.75 Å². The summed E-state index contributed by atoms with van der Waals surface area (Å²) >= 11 is 0. The highest BCUT2D eigenvalue weighted by Crippen LogP contribution is 2.17. The van der Waals surface area contributed by atoms with Crippen LogP contribution in [-0.4, -0.2) is 40.5 Å². The predicted octanol–water partition coefficient (Wildman–Crippen LogP) is 0.232. The Hall–Kier alpha value is -3.07. The van der Waals surface area contributed by atoms with E-state index in [9.17, 15) is 14.7 Å². The summed E-state index contributed by atoms with van der Waals surface area (Å²) in [5.74, 6) is 0.154. The van der Waals surface area contributed by atoms with Gasteiger partial charge in [0.05, 0.1) is 25.1 Å². The van der Waals surface area contributed by atoms with Crippen LogP contribution in [0.25, 0.3) is 0 Å². The molecule has 5 N–H and O–H groups in total. The lowest BCUT2D eigenvalue weighted by molar-refractivity contribution is -0.118. The summed E-state index contributed by atoms with van der Waals surface area (Å²) in [4.78, 5) is 22.6. The average molecular weight is 333 g/mol. The van der Waals surface area contributed by atoms with Gasteiger partial charge in [0.2, 0.25) is 5.91 Å². The average Bonchev–Trinajstić information content (AvgIpc) is 2.98. The number of amides is 3. The zero-order valence-corrected chi connectivity index (χ0v) is 13.1. The molecule has 1 unspecified atom stereocenters. The number of benzene rings is 1. The smallest absolute Gasteiger partial charge is 0.319 e. The molecule has 0 bridgehead atoms. The molecule has 1 aromatic carbocycles. The van der Waals surface area contributed by atoms with Crippen molar-refractivity contribution in [2.45, 2.75) is 12.6 Å². The van der Waals surface area contributed by atoms with Crippen molar-refractivity contribution >= 4 is 17.6 Å². The number of anilines is 1. The molecule has 1 aromatic heterocycles. The number of carbonyl (C=O) groups excluding carboxylic acids is 2. The van der Waals surface area contributed by atoms with E-state index in [1.54, 1.807) is 31.4 Å². The van der Waals surface area contributed by atoms with E-state index in [0.29, 0.717) is 17.0 Å². The maximum absolute atomic E-state index is 11.8. The van der Waals surface area contributed by atoms with E-state index in [1.807, 2.05) is 0 Å². The van der Waals surface area contributed by atoms with Crippen LogP contribution in [0.1, 0.15) is 11.7 Å². The van der Waals surface area contributed by atoms with Crippen LogP contribution in [0.4, 0.5) is 10.5 Å². The van der Waals surface area contributed by atoms with Crippen LogP contribution in [0, 0.1) is 0 Å². The number of primary amides is 1. The van der Waals surface area contributed by atoms with Gasteiger partial charge in [0.25, 0.3) is 0 Å². The molecule has 1 heterocycles. The fraction of sp³-hybridized carbons (Fsp3) is 0.267. The molecule has 0 saturated carbocycles. The lowest BCUT2D eigenvalue weighted by Gasteiger charge is -2.13. The van der Waals surface area contributed by atoms with Gasteiger partial charge in [-0.1, -0.05) is 12.1 Å². The van der Waals surface area contributed by atoms with Crippen LogP contribution in [-0.2, 0) is 11.3 Å². The third-order valence-corrected chi connectivity index (χ3v) is 3.17. The Morgan fingerprint density at radius 3 is 2.71 bits per heavy atom. The molecule has 9 nitrogen and oxygen atoms in total. The molecule has 9 heteroatoms. The highest BCUT2D eigenvalue weighted by atomic mass is 16.5. The zero-order valence-electron chi connectivity index (χ0n) is 13.1. The topological polar surface area (TPSA) is 132 Å². The van der Waals surface area contributed by atoms with Crippen LogP contribution >= 0.6 is 0 Å². The first-order valence-corrected chi connectivity index (χ1v) is 7.15. The van der Waals surface area contributed by atoms with E-state index in [0.717, 1.165) is 0 Å². The molecule has 0 spiro atoms. The number of hydrogen-bond acceptors (Lipinski definition) is 5. The van der Waals surface area contributed by atoms with Crippen LogP contribution < -0.4 is 21.1 Å². The third-order valence-electron chi connectivity index (χ3n) is 3.17. The van der Waals surface area contributed by atoms with Crippen LogP contribution in [0.15, 0.2) is 36.7 Å². The van der Waals surface area contributed by atoms with Gasteiger partial charge in [-0.15, -0.1) is 0 Å². The Bertz CT molecular complexity index is 698. The van der Waals surface area contributed by atoms with Crippen LogP contribution in [0.3, 0.4) is 0 Å². The molecule has 24 heavy (non-hydrogen) atoms. The van der Waals surface area contributed by atoms with Crippen molar-refractivity contribution in [1.82, 2.24) is 15.1 Å². The first-order valence-electron chi connectivity index (χ1n) is 7.15. The fourth-order valence-corrected chi connectivity index (χ4v) is 1.98. The molecular formula is C15H19N5O4. The number of nitrogens with two attached hydrogens (primary N) is 1. The summed E-state index contributed by atoms with van der Waals surface area (Å²) in [5, 5.41) is 19.0. The van der Waals surface area contributed by atoms with E-state index >= 15 is 0 Å². The van der Waals surface area contributed by atoms with Crippen molar-refractivity contribution in [3.05, 3.63) is 42.2 Å². The minimum absolute atomic E-state index is 0.0353. The van der Waals surface area contributed by atoms with Crippen LogP contribution in [0.2, 0.25) is 0 Å². The first kappa shape index (κ1) is 17.3. The standard InChI is InChI=1S/C15H19N5O4/c1-24-12-4-2-10(3-5-12)13(21)7-17-15(23)19-11-6-18-20(8-11)9-14(16)22/h2-6,8,13,21H,7,9H2,1H3,(H2,16,22)(H2,17,19,23). The lowest BCUT2D eigenvalue weighted by atomic mass is 10.1. The molecular weight excluding hydrogens is 314 g/mol. The number of aromatic nitrogens is 2. The van der Waals surface area contributed by atoms with Gasteiger partial charge in [0.15, 0.2) is 0 Å². The van der Waals surface area contributed by atoms with Gasteiger partial charge in [-0.05, 0) is 17.7 Å². The van der Waals surface area contributed by atoms with Gasteiger partial charge in [-0.3, -0.25) is 9.48 Å². The number of aliphatic hydroxyl groups excluding tert-OH is 1. The largest absolute Gasteiger partial charge is 0.497 e. The van der Waals surface area contributed by atoms with Crippen molar-refractivity contribution in [2.24, 2.45) is 5.73 Å². The van der Waals surface area contributed by atoms with Crippen molar-refractivity contribution < 1.29 is 19.4 Å². The first-order chi connectivity index (χ1) is 11.5. The normalized spacial score (nSPS) is 11.6. The molecule has 0 radical (unpaired) electrons. The van der Waals surface area contributed by atoms with Crippen molar-refractivity contribution in [2.75, 3.05) is 19.0 Å². The molecule has 0 aliphatic carbocycles. The minimum Gasteiger partial charge on any atom is -0.497 e. The fourth-order valence-electron chi connectivity index (χ4n) is 1.98. The van der Waals surface area contributed by atoms with Gasteiger partial charge in [-0.2, -0.15) is 5.10 Å². The Morgan fingerprint density at radius 2 is 2.08 bits per heavy atom. The molecule has 0 saturated heterocycles. The van der Waals surface area contributed by atoms with E-state index in [-0.39, 0.29) is 13.1 Å². The third kappa shape index (κ3) is 4.99. The number of methoxy groups -OCH3 is 1. The number of hydrogen-bond donors (Lipinski definition) is 4. The Balaban J connectivity index is 1.81. The van der Waals surface area contributed by atoms with Crippen molar-refractivity contribution in [3.8, 4) is 5.75 Å². The van der Waals surface area contributed by atoms with Gasteiger partial charge in [0.1, 0.15) is 12.3 Å². The van der Waals surface area contributed by atoms with E-state index in [4.69, 9.17) is 10.5 Å². The number of urea groups is 1. The summed E-state index contributed by atoms with van der Waals surface area (Å²) in [6, 6.07) is 6.40. The summed E-state index contributed by atoms with van der Waals surface area (Å²) in [6.45, 7) is -0.0347. The van der Waals surface area contributed by atoms with Gasteiger partial charge in [-0.25, -0.2) is 4.79 Å². The lowest BCUT2D eigenvalue weighted by Crippen LogP contribution is -2.32. The molecule has 0 aliphatic heterocycles. The maximum atomic E-state index is 11.8. The molecule has 1 atom stereocenters. The Labute approximate surface area is 138 Å². The molecule has 0 aliphatic rings. The van der Waals surface area contributed by atoms with E-state index in [2.05, 4.69) is 15.7 Å². The maximum Gasteiger partial charge on any atom is 0.319 e. The molecule has 0 fully saturated rings. The summed E-state index contributed by atoms with van der Waals surface area (Å²) in [7, 11) is 1.56. The number of aliphatic hydroxyl groups is 1. The molecule has 2 rings (SSSR count). The van der Waals surface area contributed by atoms with Crippen molar-refractivity contribution in [3.63, 3.8) is 0 Å². The quantitative estimate of drug-likeness (QED) is 0.576. The van der Waals surface area contributed by atoms with Gasteiger partial charge < -0.3 is 26.2 Å². The summed E-state index contributed by atoms with van der Waals surface area (Å²) in [5.41, 5.74) is 6.12. The highest BCUT2D eigenvalue weighted by Gasteiger charge is 2.10. The number of nitrogens with zero attached hydrogens (tertiary/aromatic N) is 2. The summed E-state index contributed by atoms with van der Waals surface area (Å²) in [6.07, 6.45) is 2.02. The number of nitrogens with one attached hydrogen (secondary N) is 2.